The van der Waals surface area contributed by atoms with E-state index in [1.165, 1.54) is 18.2 Å². The van der Waals surface area contributed by atoms with E-state index in [9.17, 15) is 9.18 Å². The summed E-state index contributed by atoms with van der Waals surface area (Å²) in [6, 6.07) is 13.7. The third kappa shape index (κ3) is 3.51. The minimum absolute atomic E-state index is 0.271. The van der Waals surface area contributed by atoms with Crippen molar-refractivity contribution in [2.24, 2.45) is 0 Å². The first-order valence-corrected chi connectivity index (χ1v) is 7.87. The number of rotatable bonds is 5. The molecule has 1 aromatic heterocycles. The van der Waals surface area contributed by atoms with Crippen LogP contribution in [0.2, 0.25) is 0 Å². The fourth-order valence-corrected chi connectivity index (χ4v) is 2.52. The van der Waals surface area contributed by atoms with Crippen LogP contribution in [-0.2, 0) is 11.3 Å². The van der Waals surface area contributed by atoms with E-state index in [2.05, 4.69) is 17.2 Å². The van der Waals surface area contributed by atoms with Crippen molar-refractivity contribution in [2.45, 2.75) is 19.9 Å². The molecule has 0 aliphatic heterocycles. The molecule has 122 valence electrons. The lowest BCUT2D eigenvalue weighted by Crippen LogP contribution is -2.13. The highest BCUT2D eigenvalue weighted by molar-refractivity contribution is 6.01. The van der Waals surface area contributed by atoms with Gasteiger partial charge in [0, 0.05) is 12.6 Å². The lowest BCUT2D eigenvalue weighted by Gasteiger charge is -2.07. The number of hydrogen-bond donors (Lipinski definition) is 1. The standard InChI is InChI=1S/C19H18FN3O/c1-2-13-23-17-6-4-3-5-16(17)21-19(23)22-18(24)12-9-14-7-10-15(20)11-8-14/h3-12H,2,13H2,1H3,(H,21,22,24). The Morgan fingerprint density at radius 2 is 1.96 bits per heavy atom. The van der Waals surface area contributed by atoms with Crippen LogP contribution in [-0.4, -0.2) is 15.5 Å². The molecule has 0 saturated carbocycles. The molecular formula is C19H18FN3O. The quantitative estimate of drug-likeness (QED) is 0.714. The average Bonchev–Trinajstić information content (AvgIpc) is 2.92. The maximum absolute atomic E-state index is 12.9. The molecule has 0 fully saturated rings. The summed E-state index contributed by atoms with van der Waals surface area (Å²) in [7, 11) is 0. The van der Waals surface area contributed by atoms with E-state index in [4.69, 9.17) is 0 Å². The number of aromatic nitrogens is 2. The number of carbonyl (C=O) groups excluding carboxylic acids is 1. The molecule has 0 bridgehead atoms. The molecule has 3 aromatic rings. The molecule has 0 saturated heterocycles. The van der Waals surface area contributed by atoms with Crippen molar-refractivity contribution >= 4 is 29.0 Å². The zero-order chi connectivity index (χ0) is 16.9. The summed E-state index contributed by atoms with van der Waals surface area (Å²) in [6.07, 6.45) is 4.00. The molecule has 24 heavy (non-hydrogen) atoms. The number of amides is 1. The summed E-state index contributed by atoms with van der Waals surface area (Å²) in [5, 5.41) is 2.82. The Hall–Kier alpha value is -2.95. The number of anilines is 1. The molecule has 0 radical (unpaired) electrons. The summed E-state index contributed by atoms with van der Waals surface area (Å²) in [6.45, 7) is 2.85. The summed E-state index contributed by atoms with van der Waals surface area (Å²) < 4.78 is 14.9. The van der Waals surface area contributed by atoms with Gasteiger partial charge in [0.15, 0.2) is 0 Å². The van der Waals surface area contributed by atoms with Gasteiger partial charge in [-0.05, 0) is 42.3 Å². The Labute approximate surface area is 139 Å². The highest BCUT2D eigenvalue weighted by Gasteiger charge is 2.11. The Kier molecular flexibility index (Phi) is 4.70. The highest BCUT2D eigenvalue weighted by Crippen LogP contribution is 2.20. The maximum Gasteiger partial charge on any atom is 0.250 e. The van der Waals surface area contributed by atoms with Gasteiger partial charge in [0.1, 0.15) is 5.82 Å². The summed E-state index contributed by atoms with van der Waals surface area (Å²) in [4.78, 5) is 16.6. The molecular weight excluding hydrogens is 305 g/mol. The molecule has 1 N–H and O–H groups in total. The van der Waals surface area contributed by atoms with Gasteiger partial charge in [-0.3, -0.25) is 10.1 Å². The first-order valence-electron chi connectivity index (χ1n) is 7.87. The van der Waals surface area contributed by atoms with Gasteiger partial charge < -0.3 is 4.57 Å². The van der Waals surface area contributed by atoms with Crippen LogP contribution in [0.15, 0.2) is 54.6 Å². The summed E-state index contributed by atoms with van der Waals surface area (Å²) >= 11 is 0. The van der Waals surface area contributed by atoms with Crippen LogP contribution < -0.4 is 5.32 Å². The van der Waals surface area contributed by atoms with E-state index in [1.54, 1.807) is 18.2 Å². The largest absolute Gasteiger partial charge is 0.310 e. The van der Waals surface area contributed by atoms with Crippen molar-refractivity contribution in [1.82, 2.24) is 9.55 Å². The minimum atomic E-state index is -0.301. The van der Waals surface area contributed by atoms with Crippen LogP contribution in [0.3, 0.4) is 0 Å². The van der Waals surface area contributed by atoms with Crippen molar-refractivity contribution in [3.8, 4) is 0 Å². The number of halogens is 1. The second-order valence-electron chi connectivity index (χ2n) is 5.45. The van der Waals surface area contributed by atoms with E-state index < -0.39 is 0 Å². The highest BCUT2D eigenvalue weighted by atomic mass is 19.1. The van der Waals surface area contributed by atoms with Crippen LogP contribution >= 0.6 is 0 Å². The Balaban J connectivity index is 1.79. The van der Waals surface area contributed by atoms with E-state index >= 15 is 0 Å². The van der Waals surface area contributed by atoms with Crippen LogP contribution in [0.1, 0.15) is 18.9 Å². The molecule has 3 rings (SSSR count). The molecule has 0 spiro atoms. The van der Waals surface area contributed by atoms with Gasteiger partial charge in [-0.25, -0.2) is 9.37 Å². The fourth-order valence-electron chi connectivity index (χ4n) is 2.52. The van der Waals surface area contributed by atoms with Crippen LogP contribution in [0.25, 0.3) is 17.1 Å². The number of nitrogens with zero attached hydrogens (tertiary/aromatic N) is 2. The molecule has 1 amide bonds. The molecule has 2 aromatic carbocycles. The molecule has 1 heterocycles. The van der Waals surface area contributed by atoms with Crippen molar-refractivity contribution < 1.29 is 9.18 Å². The molecule has 0 atom stereocenters. The molecule has 0 unspecified atom stereocenters. The lowest BCUT2D eigenvalue weighted by atomic mass is 10.2. The number of hydrogen-bond acceptors (Lipinski definition) is 2. The Morgan fingerprint density at radius 3 is 2.71 bits per heavy atom. The SMILES string of the molecule is CCCn1c(NC(=O)C=Cc2ccc(F)cc2)nc2ccccc21. The minimum Gasteiger partial charge on any atom is -0.310 e. The molecule has 0 aliphatic carbocycles. The van der Waals surface area contributed by atoms with E-state index in [1.807, 2.05) is 28.8 Å². The van der Waals surface area contributed by atoms with Gasteiger partial charge >= 0.3 is 0 Å². The molecule has 4 nitrogen and oxygen atoms in total. The zero-order valence-corrected chi connectivity index (χ0v) is 13.4. The number of carbonyl (C=O) groups is 1. The monoisotopic (exact) mass is 323 g/mol. The van der Waals surface area contributed by atoms with Crippen LogP contribution in [0.5, 0.6) is 0 Å². The molecule has 5 heteroatoms. The number of imidazole rings is 1. The van der Waals surface area contributed by atoms with E-state index in [0.717, 1.165) is 29.6 Å². The predicted octanol–water partition coefficient (Wildman–Crippen LogP) is 4.24. The number of para-hydroxylation sites is 2. The first-order chi connectivity index (χ1) is 11.7. The van der Waals surface area contributed by atoms with Gasteiger partial charge in [-0.2, -0.15) is 0 Å². The number of aryl methyl sites for hydroxylation is 1. The van der Waals surface area contributed by atoms with Crippen molar-refractivity contribution in [3.05, 3.63) is 66.0 Å². The first kappa shape index (κ1) is 15.9. The fraction of sp³-hybridized carbons (Fsp3) is 0.158. The number of fused-ring (bicyclic) bond motifs is 1. The third-order valence-electron chi connectivity index (χ3n) is 3.63. The van der Waals surface area contributed by atoms with Crippen molar-refractivity contribution in [3.63, 3.8) is 0 Å². The maximum atomic E-state index is 12.9. The van der Waals surface area contributed by atoms with E-state index in [0.29, 0.717) is 5.95 Å². The van der Waals surface area contributed by atoms with Gasteiger partial charge in [-0.15, -0.1) is 0 Å². The lowest BCUT2D eigenvalue weighted by molar-refractivity contribution is -0.111. The van der Waals surface area contributed by atoms with E-state index in [-0.39, 0.29) is 11.7 Å². The van der Waals surface area contributed by atoms with Gasteiger partial charge in [0.05, 0.1) is 11.0 Å². The smallest absolute Gasteiger partial charge is 0.250 e. The number of nitrogens with one attached hydrogen (secondary N) is 1. The predicted molar refractivity (Wildman–Crippen MR) is 94.1 cm³/mol. The third-order valence-corrected chi connectivity index (χ3v) is 3.63. The van der Waals surface area contributed by atoms with Gasteiger partial charge in [0.2, 0.25) is 5.95 Å². The second kappa shape index (κ2) is 7.08. The summed E-state index contributed by atoms with van der Waals surface area (Å²) in [5.41, 5.74) is 2.61. The van der Waals surface area contributed by atoms with Gasteiger partial charge in [0.25, 0.3) is 5.91 Å². The van der Waals surface area contributed by atoms with Crippen LogP contribution in [0, 0.1) is 5.82 Å². The second-order valence-corrected chi connectivity index (χ2v) is 5.45. The molecule has 0 aliphatic rings. The summed E-state index contributed by atoms with van der Waals surface area (Å²) in [5.74, 6) is -0.0383. The Bertz CT molecular complexity index is 881. The average molecular weight is 323 g/mol. The van der Waals surface area contributed by atoms with Gasteiger partial charge in [-0.1, -0.05) is 31.2 Å². The van der Waals surface area contributed by atoms with Crippen molar-refractivity contribution in [2.75, 3.05) is 5.32 Å². The normalized spacial score (nSPS) is 11.2. The number of benzene rings is 2. The zero-order valence-electron chi connectivity index (χ0n) is 13.4. The van der Waals surface area contributed by atoms with Crippen LogP contribution in [0.4, 0.5) is 10.3 Å². The topological polar surface area (TPSA) is 46.9 Å². The van der Waals surface area contributed by atoms with Crippen molar-refractivity contribution in [1.29, 1.82) is 0 Å². The Morgan fingerprint density at radius 1 is 1.21 bits per heavy atom.